The van der Waals surface area contributed by atoms with Crippen LogP contribution < -0.4 is 5.32 Å². The quantitative estimate of drug-likeness (QED) is 0.220. The number of allylic oxidation sites excluding steroid dienone is 4. The molecular formula is C42H33N3O. The molecule has 0 bridgehead atoms. The first kappa shape index (κ1) is 26.9. The van der Waals surface area contributed by atoms with Crippen molar-refractivity contribution in [2.24, 2.45) is 9.98 Å². The number of hydrogen-bond donors (Lipinski definition) is 1. The van der Waals surface area contributed by atoms with Crippen LogP contribution in [0.3, 0.4) is 0 Å². The minimum absolute atomic E-state index is 0.0467. The van der Waals surface area contributed by atoms with Crippen LogP contribution >= 0.6 is 0 Å². The third-order valence-electron chi connectivity index (χ3n) is 9.89. The number of hydrogen-bond acceptors (Lipinski definition) is 4. The Morgan fingerprint density at radius 2 is 1.39 bits per heavy atom. The normalized spacial score (nSPS) is 18.5. The zero-order valence-electron chi connectivity index (χ0n) is 25.9. The molecule has 2 aliphatic carbocycles. The van der Waals surface area contributed by atoms with Crippen molar-refractivity contribution in [3.05, 3.63) is 166 Å². The van der Waals surface area contributed by atoms with Crippen LogP contribution in [0.5, 0.6) is 0 Å². The summed E-state index contributed by atoms with van der Waals surface area (Å²) >= 11 is 0. The van der Waals surface area contributed by atoms with Crippen LogP contribution in [0.2, 0.25) is 0 Å². The first-order valence-electron chi connectivity index (χ1n) is 16.1. The second-order valence-corrected chi connectivity index (χ2v) is 12.9. The van der Waals surface area contributed by atoms with Gasteiger partial charge in [0.2, 0.25) is 0 Å². The van der Waals surface area contributed by atoms with Gasteiger partial charge >= 0.3 is 0 Å². The van der Waals surface area contributed by atoms with Crippen LogP contribution in [0.4, 0.5) is 0 Å². The average Bonchev–Trinajstić information content (AvgIpc) is 3.60. The predicted molar refractivity (Wildman–Crippen MR) is 189 cm³/mol. The largest absolute Gasteiger partial charge is 0.456 e. The van der Waals surface area contributed by atoms with Crippen LogP contribution in [0, 0.1) is 0 Å². The molecule has 6 aromatic rings. The summed E-state index contributed by atoms with van der Waals surface area (Å²) in [5.74, 6) is 1.49. The molecule has 5 aromatic carbocycles. The summed E-state index contributed by atoms with van der Waals surface area (Å²) in [6.07, 6.45) is 4.33. The Balaban J connectivity index is 1.12. The zero-order chi connectivity index (χ0) is 30.8. The lowest BCUT2D eigenvalue weighted by Gasteiger charge is -2.27. The Morgan fingerprint density at radius 1 is 0.717 bits per heavy atom. The van der Waals surface area contributed by atoms with Gasteiger partial charge in [-0.3, -0.25) is 0 Å². The van der Waals surface area contributed by atoms with Crippen molar-refractivity contribution in [1.82, 2.24) is 5.32 Å². The SMILES string of the molecule is CC1(C)C2=C(C(c3ccc4c(c3)oc3cc(C5=NC(c6ccccc6)NC(c6ccccc6)=N5)ccc34)=CCC2)c2ccccc21. The molecular weight excluding hydrogens is 562 g/mol. The van der Waals surface area contributed by atoms with Crippen molar-refractivity contribution in [2.75, 3.05) is 0 Å². The summed E-state index contributed by atoms with van der Waals surface area (Å²) < 4.78 is 6.60. The van der Waals surface area contributed by atoms with E-state index in [0.717, 1.165) is 57.3 Å². The third kappa shape index (κ3) is 4.21. The van der Waals surface area contributed by atoms with Crippen LogP contribution in [0.25, 0.3) is 33.1 Å². The van der Waals surface area contributed by atoms with E-state index in [2.05, 4.69) is 110 Å². The standard InChI is InChI=1S/C42H33N3O/c1-42(2)34-18-10-9-16-33(34)38-30(17-11-19-35(38)42)28-20-22-31-32-23-21-29(25-37(32)46-36(31)24-28)41-44-39(26-12-5-3-6-13-26)43-40(45-41)27-14-7-4-8-15-27/h3-10,12-18,20-25,39H,11,19H2,1-2H3,(H,43,44,45). The number of aliphatic imine (C=N–C) groups is 2. The van der Waals surface area contributed by atoms with Gasteiger partial charge < -0.3 is 9.73 Å². The van der Waals surface area contributed by atoms with Crippen molar-refractivity contribution in [3.63, 3.8) is 0 Å². The van der Waals surface area contributed by atoms with Gasteiger partial charge in [0, 0.05) is 27.3 Å². The van der Waals surface area contributed by atoms with E-state index in [9.17, 15) is 0 Å². The highest BCUT2D eigenvalue weighted by Crippen LogP contribution is 2.54. The molecule has 1 N–H and O–H groups in total. The maximum absolute atomic E-state index is 6.60. The van der Waals surface area contributed by atoms with Crippen LogP contribution in [-0.2, 0) is 5.41 Å². The molecule has 0 saturated carbocycles. The Morgan fingerprint density at radius 3 is 2.17 bits per heavy atom. The van der Waals surface area contributed by atoms with Crippen LogP contribution in [0.1, 0.15) is 66.2 Å². The molecule has 1 atom stereocenters. The molecule has 0 amide bonds. The maximum Gasteiger partial charge on any atom is 0.159 e. The number of rotatable bonds is 4. The molecule has 1 unspecified atom stereocenters. The van der Waals surface area contributed by atoms with Crippen LogP contribution in [0.15, 0.2) is 147 Å². The van der Waals surface area contributed by atoms with E-state index in [4.69, 9.17) is 14.4 Å². The van der Waals surface area contributed by atoms with Gasteiger partial charge in [-0.25, -0.2) is 9.98 Å². The highest BCUT2D eigenvalue weighted by molar-refractivity contribution is 6.16. The molecule has 9 rings (SSSR count). The van der Waals surface area contributed by atoms with Crippen molar-refractivity contribution in [1.29, 1.82) is 0 Å². The second kappa shape index (κ2) is 10.3. The lowest BCUT2D eigenvalue weighted by molar-refractivity contribution is 0.608. The van der Waals surface area contributed by atoms with Gasteiger partial charge in [0.1, 0.15) is 23.2 Å². The van der Waals surface area contributed by atoms with Gasteiger partial charge in [-0.1, -0.05) is 123 Å². The number of nitrogens with one attached hydrogen (secondary N) is 1. The van der Waals surface area contributed by atoms with Gasteiger partial charge in [0.05, 0.1) is 0 Å². The molecule has 4 nitrogen and oxygen atoms in total. The van der Waals surface area contributed by atoms with E-state index in [0.29, 0.717) is 5.84 Å². The van der Waals surface area contributed by atoms with Gasteiger partial charge in [0.25, 0.3) is 0 Å². The smallest absolute Gasteiger partial charge is 0.159 e. The molecule has 3 aliphatic rings. The maximum atomic E-state index is 6.60. The Bertz CT molecular complexity index is 2300. The van der Waals surface area contributed by atoms with E-state index in [1.165, 1.54) is 27.8 Å². The summed E-state index contributed by atoms with van der Waals surface area (Å²) in [4.78, 5) is 10.1. The van der Waals surface area contributed by atoms with E-state index < -0.39 is 0 Å². The fourth-order valence-electron chi connectivity index (χ4n) is 7.56. The topological polar surface area (TPSA) is 49.9 Å². The Labute approximate surface area is 268 Å². The monoisotopic (exact) mass is 595 g/mol. The van der Waals surface area contributed by atoms with E-state index in [1.54, 1.807) is 5.57 Å². The van der Waals surface area contributed by atoms with Crippen molar-refractivity contribution < 1.29 is 4.42 Å². The first-order valence-corrected chi connectivity index (χ1v) is 16.1. The minimum atomic E-state index is -0.244. The van der Waals surface area contributed by atoms with Gasteiger partial charge in [-0.2, -0.15) is 0 Å². The predicted octanol–water partition coefficient (Wildman–Crippen LogP) is 10.0. The van der Waals surface area contributed by atoms with Crippen LogP contribution in [-0.4, -0.2) is 11.7 Å². The highest BCUT2D eigenvalue weighted by Gasteiger charge is 2.39. The van der Waals surface area contributed by atoms with Crippen molar-refractivity contribution in [3.8, 4) is 0 Å². The second-order valence-electron chi connectivity index (χ2n) is 12.9. The van der Waals surface area contributed by atoms with E-state index in [-0.39, 0.29) is 11.6 Å². The summed E-state index contributed by atoms with van der Waals surface area (Å²) in [5.41, 5.74) is 13.1. The van der Waals surface area contributed by atoms with Crippen molar-refractivity contribution >= 4 is 44.8 Å². The number of furan rings is 1. The lowest BCUT2D eigenvalue weighted by atomic mass is 9.77. The number of benzene rings is 5. The van der Waals surface area contributed by atoms with Crippen molar-refractivity contribution in [2.45, 2.75) is 38.3 Å². The van der Waals surface area contributed by atoms with Gasteiger partial charge in [0.15, 0.2) is 5.84 Å². The fraction of sp³-hybridized carbons (Fsp3) is 0.143. The average molecular weight is 596 g/mol. The molecule has 1 aliphatic heterocycles. The molecule has 46 heavy (non-hydrogen) atoms. The molecule has 0 spiro atoms. The summed E-state index contributed by atoms with van der Waals surface area (Å²) in [6.45, 7) is 4.75. The minimum Gasteiger partial charge on any atom is -0.456 e. The van der Waals surface area contributed by atoms with Gasteiger partial charge in [-0.05, 0) is 70.5 Å². The molecule has 222 valence electrons. The van der Waals surface area contributed by atoms with E-state index in [1.807, 2.05) is 36.4 Å². The van der Waals surface area contributed by atoms with Gasteiger partial charge in [-0.15, -0.1) is 0 Å². The zero-order valence-corrected chi connectivity index (χ0v) is 25.9. The highest BCUT2D eigenvalue weighted by atomic mass is 16.3. The number of fused-ring (bicyclic) bond motifs is 5. The fourth-order valence-corrected chi connectivity index (χ4v) is 7.56. The molecule has 2 heterocycles. The first-order chi connectivity index (χ1) is 22.5. The molecule has 0 saturated heterocycles. The summed E-state index contributed by atoms with van der Waals surface area (Å²) in [6, 6.07) is 42.5. The summed E-state index contributed by atoms with van der Waals surface area (Å²) in [5, 5.41) is 5.75. The molecule has 0 fully saturated rings. The molecule has 1 aromatic heterocycles. The lowest BCUT2D eigenvalue weighted by Crippen LogP contribution is -2.33. The molecule has 0 radical (unpaired) electrons. The number of amidine groups is 2. The Kier molecular flexibility index (Phi) is 6.01. The molecule has 4 heteroatoms. The number of nitrogens with zero attached hydrogens (tertiary/aromatic N) is 2. The Hall–Kier alpha value is -5.48. The summed E-state index contributed by atoms with van der Waals surface area (Å²) in [7, 11) is 0. The third-order valence-corrected chi connectivity index (χ3v) is 9.89. The van der Waals surface area contributed by atoms with E-state index >= 15 is 0 Å².